The van der Waals surface area contributed by atoms with E-state index >= 15 is 0 Å². The van der Waals surface area contributed by atoms with Crippen LogP contribution in [0, 0.1) is 5.92 Å². The average molecular weight is 307 g/mol. The lowest BCUT2D eigenvalue weighted by atomic mass is 9.86. The lowest BCUT2D eigenvalue weighted by molar-refractivity contribution is -0.142. The van der Waals surface area contributed by atoms with Crippen molar-refractivity contribution in [3.8, 4) is 11.5 Å². The summed E-state index contributed by atoms with van der Waals surface area (Å²) in [6, 6.07) is 6.06. The summed E-state index contributed by atoms with van der Waals surface area (Å²) >= 11 is 0. The van der Waals surface area contributed by atoms with E-state index in [-0.39, 0.29) is 12.0 Å². The standard InChI is InChI=1S/C17H25NO4/c1-3-21-14-9-10-16(22-4-2)15(11-14)18-13-7-5-12(6-8-13)17(19)20/h9-13,18H,3-8H2,1-2H3,(H,19,20). The van der Waals surface area contributed by atoms with Crippen molar-refractivity contribution in [2.24, 2.45) is 5.92 Å². The van der Waals surface area contributed by atoms with Crippen LogP contribution in [0.15, 0.2) is 18.2 Å². The normalized spacial score (nSPS) is 21.2. The first kappa shape index (κ1) is 16.5. The molecule has 1 aromatic carbocycles. The molecule has 0 heterocycles. The fourth-order valence-corrected chi connectivity index (χ4v) is 2.86. The molecule has 2 rings (SSSR count). The topological polar surface area (TPSA) is 67.8 Å². The van der Waals surface area contributed by atoms with E-state index in [1.54, 1.807) is 0 Å². The number of aliphatic carboxylic acids is 1. The van der Waals surface area contributed by atoms with Crippen molar-refractivity contribution in [1.29, 1.82) is 0 Å². The Morgan fingerprint density at radius 3 is 2.45 bits per heavy atom. The summed E-state index contributed by atoms with van der Waals surface area (Å²) in [6.07, 6.45) is 3.17. The Hall–Kier alpha value is -1.91. The summed E-state index contributed by atoms with van der Waals surface area (Å²) in [5.74, 6) is 0.755. The van der Waals surface area contributed by atoms with E-state index in [9.17, 15) is 4.79 Å². The molecule has 0 bridgehead atoms. The molecule has 22 heavy (non-hydrogen) atoms. The molecule has 1 saturated carbocycles. The number of benzene rings is 1. The van der Waals surface area contributed by atoms with Gasteiger partial charge in [0, 0.05) is 12.1 Å². The zero-order valence-electron chi connectivity index (χ0n) is 13.3. The second-order valence-corrected chi connectivity index (χ2v) is 5.56. The summed E-state index contributed by atoms with van der Waals surface area (Å²) in [5, 5.41) is 12.6. The smallest absolute Gasteiger partial charge is 0.306 e. The fourth-order valence-electron chi connectivity index (χ4n) is 2.86. The van der Waals surface area contributed by atoms with Crippen LogP contribution in [0.5, 0.6) is 11.5 Å². The van der Waals surface area contributed by atoms with Crippen molar-refractivity contribution in [2.45, 2.75) is 45.6 Å². The summed E-state index contributed by atoms with van der Waals surface area (Å²) in [4.78, 5) is 11.0. The van der Waals surface area contributed by atoms with Crippen molar-refractivity contribution in [2.75, 3.05) is 18.5 Å². The molecule has 1 fully saturated rings. The number of rotatable bonds is 7. The minimum atomic E-state index is -0.674. The van der Waals surface area contributed by atoms with Gasteiger partial charge < -0.3 is 19.9 Å². The van der Waals surface area contributed by atoms with Crippen LogP contribution >= 0.6 is 0 Å². The molecule has 0 saturated heterocycles. The molecule has 5 nitrogen and oxygen atoms in total. The predicted octanol–water partition coefficient (Wildman–Crippen LogP) is 3.54. The third-order valence-corrected chi connectivity index (χ3v) is 4.00. The van der Waals surface area contributed by atoms with Crippen molar-refractivity contribution in [1.82, 2.24) is 0 Å². The largest absolute Gasteiger partial charge is 0.494 e. The highest BCUT2D eigenvalue weighted by atomic mass is 16.5. The van der Waals surface area contributed by atoms with E-state index in [1.807, 2.05) is 32.0 Å². The Morgan fingerprint density at radius 2 is 1.86 bits per heavy atom. The SMILES string of the molecule is CCOc1ccc(OCC)c(NC2CCC(C(=O)O)CC2)c1. The number of anilines is 1. The molecule has 1 aliphatic rings. The molecule has 5 heteroatoms. The minimum Gasteiger partial charge on any atom is -0.494 e. The maximum absolute atomic E-state index is 11.0. The number of hydrogen-bond donors (Lipinski definition) is 2. The second kappa shape index (κ2) is 7.92. The highest BCUT2D eigenvalue weighted by Gasteiger charge is 2.26. The lowest BCUT2D eigenvalue weighted by Crippen LogP contribution is -2.29. The Morgan fingerprint density at radius 1 is 1.18 bits per heavy atom. The number of nitrogens with one attached hydrogen (secondary N) is 1. The molecule has 2 N–H and O–H groups in total. The van der Waals surface area contributed by atoms with E-state index in [2.05, 4.69) is 5.32 Å². The van der Waals surface area contributed by atoms with Gasteiger partial charge in [-0.15, -0.1) is 0 Å². The van der Waals surface area contributed by atoms with Crippen molar-refractivity contribution in [3.63, 3.8) is 0 Å². The molecule has 0 spiro atoms. The van der Waals surface area contributed by atoms with Gasteiger partial charge in [-0.3, -0.25) is 4.79 Å². The molecular formula is C17H25NO4. The molecule has 122 valence electrons. The van der Waals surface area contributed by atoms with Gasteiger partial charge in [0.1, 0.15) is 11.5 Å². The number of carbonyl (C=O) groups is 1. The minimum absolute atomic E-state index is 0.195. The van der Waals surface area contributed by atoms with Crippen molar-refractivity contribution >= 4 is 11.7 Å². The Bertz CT molecular complexity index is 495. The number of carboxylic acids is 1. The first-order chi connectivity index (χ1) is 10.6. The van der Waals surface area contributed by atoms with Gasteiger partial charge in [-0.25, -0.2) is 0 Å². The van der Waals surface area contributed by atoms with Crippen LogP contribution in [0.4, 0.5) is 5.69 Å². The van der Waals surface area contributed by atoms with Crippen LogP contribution in [0.1, 0.15) is 39.5 Å². The van der Waals surface area contributed by atoms with Gasteiger partial charge in [-0.05, 0) is 51.7 Å². The van der Waals surface area contributed by atoms with E-state index in [0.717, 1.165) is 42.9 Å². The van der Waals surface area contributed by atoms with E-state index in [0.29, 0.717) is 13.2 Å². The third kappa shape index (κ3) is 4.29. The highest BCUT2D eigenvalue weighted by molar-refractivity contribution is 5.70. The van der Waals surface area contributed by atoms with E-state index in [1.165, 1.54) is 0 Å². The molecule has 0 aliphatic heterocycles. The Labute approximate surface area is 131 Å². The van der Waals surface area contributed by atoms with Crippen LogP contribution < -0.4 is 14.8 Å². The summed E-state index contributed by atoms with van der Waals surface area (Å²) in [6.45, 7) is 5.14. The third-order valence-electron chi connectivity index (χ3n) is 4.00. The molecule has 0 radical (unpaired) electrons. The van der Waals surface area contributed by atoms with Crippen LogP contribution in [0.3, 0.4) is 0 Å². The van der Waals surface area contributed by atoms with Crippen LogP contribution in [0.25, 0.3) is 0 Å². The quantitative estimate of drug-likeness (QED) is 0.806. The molecule has 0 amide bonds. The van der Waals surface area contributed by atoms with Crippen LogP contribution in [0.2, 0.25) is 0 Å². The second-order valence-electron chi connectivity index (χ2n) is 5.56. The maximum Gasteiger partial charge on any atom is 0.306 e. The maximum atomic E-state index is 11.0. The van der Waals surface area contributed by atoms with Gasteiger partial charge in [0.2, 0.25) is 0 Å². The summed E-state index contributed by atoms with van der Waals surface area (Å²) < 4.78 is 11.2. The Kier molecular flexibility index (Phi) is 5.92. The number of hydrogen-bond acceptors (Lipinski definition) is 4. The van der Waals surface area contributed by atoms with Gasteiger partial charge in [-0.1, -0.05) is 0 Å². The zero-order valence-corrected chi connectivity index (χ0v) is 13.3. The van der Waals surface area contributed by atoms with Gasteiger partial charge in [0.25, 0.3) is 0 Å². The van der Waals surface area contributed by atoms with Crippen LogP contribution in [-0.2, 0) is 4.79 Å². The molecule has 0 atom stereocenters. The van der Waals surface area contributed by atoms with Gasteiger partial charge in [-0.2, -0.15) is 0 Å². The first-order valence-electron chi connectivity index (χ1n) is 8.03. The first-order valence-corrected chi connectivity index (χ1v) is 8.03. The number of ether oxygens (including phenoxy) is 2. The lowest BCUT2D eigenvalue weighted by Gasteiger charge is -2.28. The summed E-state index contributed by atoms with van der Waals surface area (Å²) in [5.41, 5.74) is 0.923. The predicted molar refractivity (Wildman–Crippen MR) is 85.8 cm³/mol. The highest BCUT2D eigenvalue weighted by Crippen LogP contribution is 2.33. The van der Waals surface area contributed by atoms with Crippen molar-refractivity contribution in [3.05, 3.63) is 18.2 Å². The zero-order chi connectivity index (χ0) is 15.9. The van der Waals surface area contributed by atoms with Crippen LogP contribution in [-0.4, -0.2) is 30.3 Å². The monoisotopic (exact) mass is 307 g/mol. The molecule has 1 aliphatic carbocycles. The molecule has 1 aromatic rings. The molecule has 0 unspecified atom stereocenters. The molecule has 0 aromatic heterocycles. The van der Waals surface area contributed by atoms with E-state index in [4.69, 9.17) is 14.6 Å². The fraction of sp³-hybridized carbons (Fsp3) is 0.588. The van der Waals surface area contributed by atoms with E-state index < -0.39 is 5.97 Å². The summed E-state index contributed by atoms with van der Waals surface area (Å²) in [7, 11) is 0. The van der Waals surface area contributed by atoms with Gasteiger partial charge >= 0.3 is 5.97 Å². The number of carboxylic acid groups (broad SMARTS) is 1. The van der Waals surface area contributed by atoms with Gasteiger partial charge in [0.15, 0.2) is 0 Å². The van der Waals surface area contributed by atoms with Gasteiger partial charge in [0.05, 0.1) is 24.8 Å². The van der Waals surface area contributed by atoms with Crippen molar-refractivity contribution < 1.29 is 19.4 Å². The average Bonchev–Trinajstić information content (AvgIpc) is 2.51. The Balaban J connectivity index is 2.04. The molecular weight excluding hydrogens is 282 g/mol.